The van der Waals surface area contributed by atoms with Gasteiger partial charge in [0.15, 0.2) is 11.6 Å². The molecule has 0 spiro atoms. The van der Waals surface area contributed by atoms with Crippen LogP contribution in [0, 0.1) is 11.8 Å². The lowest BCUT2D eigenvalue weighted by molar-refractivity contribution is -0.217. The number of nitrogens with zero attached hydrogens (tertiary/aromatic N) is 4. The van der Waals surface area contributed by atoms with Crippen molar-refractivity contribution in [3.8, 4) is 0 Å². The van der Waals surface area contributed by atoms with Crippen LogP contribution in [0.5, 0.6) is 0 Å². The quantitative estimate of drug-likeness (QED) is 0.0327. The van der Waals surface area contributed by atoms with E-state index >= 15 is 0 Å². The lowest BCUT2D eigenvalue weighted by atomic mass is 9.85. The van der Waals surface area contributed by atoms with E-state index in [0.717, 1.165) is 22.6 Å². The SMILES string of the molecule is CCC(C)(CC(C)OC(C)C(C)C(=O)C1=CC=C(N(C)C)C(C)C1)OCC(COCC(C)OC(=O)c1ccc(N(C)C)cc1)(COC(C)(N)CC(C)OC(C)(CC)C(=O)c1ccc(N(C)C)cc1)OCCC(C)OC(=O)c1ccc(N(C)C)cc1. The van der Waals surface area contributed by atoms with Crippen molar-refractivity contribution in [1.82, 2.24) is 4.90 Å². The molecule has 17 heteroatoms. The van der Waals surface area contributed by atoms with Crippen molar-refractivity contribution >= 4 is 40.6 Å². The van der Waals surface area contributed by atoms with Crippen molar-refractivity contribution in [2.24, 2.45) is 17.6 Å². The number of esters is 2. The van der Waals surface area contributed by atoms with Crippen LogP contribution in [0.25, 0.3) is 0 Å². The van der Waals surface area contributed by atoms with Gasteiger partial charge in [0.2, 0.25) is 0 Å². The second kappa shape index (κ2) is 32.4. The number of ketones is 2. The topological polar surface area (TPSA) is 181 Å². The maximum absolute atomic E-state index is 14.1. The molecule has 0 saturated heterocycles. The second-order valence-electron chi connectivity index (χ2n) is 25.1. The Morgan fingerprint density at radius 1 is 0.588 bits per heavy atom. The summed E-state index contributed by atoms with van der Waals surface area (Å²) in [6.07, 6.45) is 4.10. The van der Waals surface area contributed by atoms with E-state index in [2.05, 4.69) is 11.8 Å². The second-order valence-corrected chi connectivity index (χ2v) is 25.1. The Balaban J connectivity index is 1.63. The van der Waals surface area contributed by atoms with Gasteiger partial charge in [0.1, 0.15) is 29.1 Å². The highest BCUT2D eigenvalue weighted by Crippen LogP contribution is 2.33. The molecule has 0 saturated carbocycles. The molecule has 2 N–H and O–H groups in total. The molecule has 85 heavy (non-hydrogen) atoms. The minimum absolute atomic E-state index is 0.00679. The first-order valence-electron chi connectivity index (χ1n) is 30.3. The summed E-state index contributed by atoms with van der Waals surface area (Å²) in [4.78, 5) is 62.7. The van der Waals surface area contributed by atoms with Crippen molar-refractivity contribution in [2.45, 2.75) is 175 Å². The van der Waals surface area contributed by atoms with Crippen LogP contribution in [-0.2, 0) is 42.7 Å². The van der Waals surface area contributed by atoms with Gasteiger partial charge in [-0.25, -0.2) is 9.59 Å². The Bertz CT molecular complexity index is 2580. The third-order valence-electron chi connectivity index (χ3n) is 16.2. The van der Waals surface area contributed by atoms with E-state index in [1.807, 2.05) is 187 Å². The van der Waals surface area contributed by atoms with Crippen LogP contribution in [0.15, 0.2) is 96.2 Å². The normalized spacial score (nSPS) is 18.5. The van der Waals surface area contributed by atoms with Crippen LogP contribution in [0.3, 0.4) is 0 Å². The predicted molar refractivity (Wildman–Crippen MR) is 340 cm³/mol. The van der Waals surface area contributed by atoms with Crippen molar-refractivity contribution in [1.29, 1.82) is 0 Å². The predicted octanol–water partition coefficient (Wildman–Crippen LogP) is 11.4. The summed E-state index contributed by atoms with van der Waals surface area (Å²) < 4.78 is 52.3. The first-order chi connectivity index (χ1) is 39.8. The van der Waals surface area contributed by atoms with E-state index in [-0.39, 0.29) is 75.1 Å². The van der Waals surface area contributed by atoms with Gasteiger partial charge in [0, 0.05) is 116 Å². The molecule has 1 aliphatic rings. The Hall–Kier alpha value is -5.66. The van der Waals surface area contributed by atoms with Crippen molar-refractivity contribution < 1.29 is 57.1 Å². The van der Waals surface area contributed by atoms with Gasteiger partial charge in [-0.05, 0) is 159 Å². The molecular weight excluding hydrogens is 1080 g/mol. The third kappa shape index (κ3) is 21.9. The molecule has 1 aliphatic carbocycles. The summed E-state index contributed by atoms with van der Waals surface area (Å²) in [6.45, 7) is 22.8. The molecule has 0 radical (unpaired) electrons. The molecule has 11 unspecified atom stereocenters. The monoisotopic (exact) mass is 1180 g/mol. The molecule has 11 atom stereocenters. The number of hydrogen-bond acceptors (Lipinski definition) is 17. The van der Waals surface area contributed by atoms with Crippen molar-refractivity contribution in [2.75, 3.05) is 104 Å². The number of carbonyl (C=O) groups excluding carboxylic acids is 4. The van der Waals surface area contributed by atoms with E-state index in [9.17, 15) is 19.2 Å². The fourth-order valence-electron chi connectivity index (χ4n) is 10.3. The van der Waals surface area contributed by atoms with Gasteiger partial charge in [-0.2, -0.15) is 0 Å². The first-order valence-corrected chi connectivity index (χ1v) is 30.3. The summed E-state index contributed by atoms with van der Waals surface area (Å²) in [5.41, 5.74) is 8.65. The summed E-state index contributed by atoms with van der Waals surface area (Å²) in [5.74, 6) is -1.18. The lowest BCUT2D eigenvalue weighted by Gasteiger charge is -2.41. The molecule has 0 amide bonds. The average molecular weight is 1180 g/mol. The van der Waals surface area contributed by atoms with E-state index in [0.29, 0.717) is 48.8 Å². The maximum Gasteiger partial charge on any atom is 0.338 e. The standard InChI is InChI=1S/C68H105N5O12/c1-21-65(10,40-48(5)82-52(9)51(8)61(74)56-29-36-60(73(19)20)46(3)39-56)80-44-68(43-78-42-50(7)84-64(77)55-27-34-59(35-28-55)72(17)18,79-38-37-47(4)83-63(76)54-25-32-58(33-26-54)71(15)16)45-81-67(12,69)41-49(6)85-66(11,22-2)62(75)53-23-30-57(31-24-53)70(13)14/h23-36,46-52H,21-22,37-45,69H2,1-20H3. The largest absolute Gasteiger partial charge is 0.459 e. The van der Waals surface area contributed by atoms with Crippen LogP contribution < -0.4 is 20.4 Å². The van der Waals surface area contributed by atoms with Crippen LogP contribution in [0.2, 0.25) is 0 Å². The number of rotatable bonds is 37. The van der Waals surface area contributed by atoms with Gasteiger partial charge in [0.25, 0.3) is 0 Å². The van der Waals surface area contributed by atoms with Crippen LogP contribution in [0.4, 0.5) is 17.1 Å². The zero-order chi connectivity index (χ0) is 63.6. The Labute approximate surface area is 509 Å². The van der Waals surface area contributed by atoms with Crippen LogP contribution >= 0.6 is 0 Å². The molecule has 0 aliphatic heterocycles. The van der Waals surface area contributed by atoms with E-state index in [4.69, 9.17) is 43.6 Å². The van der Waals surface area contributed by atoms with E-state index in [1.165, 1.54) is 5.70 Å². The average Bonchev–Trinajstić information content (AvgIpc) is 2.92. The number of Topliss-reactive ketones (excluding diaryl/α,β-unsaturated/α-hetero) is 2. The summed E-state index contributed by atoms with van der Waals surface area (Å²) in [5, 5.41) is 0. The van der Waals surface area contributed by atoms with Gasteiger partial charge in [-0.15, -0.1) is 0 Å². The van der Waals surface area contributed by atoms with Crippen LogP contribution in [0.1, 0.15) is 153 Å². The number of allylic oxidation sites excluding steroid dienone is 4. The van der Waals surface area contributed by atoms with Crippen molar-refractivity contribution in [3.05, 3.63) is 113 Å². The van der Waals surface area contributed by atoms with E-state index < -0.39 is 52.8 Å². The van der Waals surface area contributed by atoms with Gasteiger partial charge < -0.3 is 63.2 Å². The zero-order valence-corrected chi connectivity index (χ0v) is 55.2. The number of hydrogen-bond donors (Lipinski definition) is 1. The van der Waals surface area contributed by atoms with Crippen LogP contribution in [-0.4, -0.2) is 171 Å². The molecule has 4 rings (SSSR count). The van der Waals surface area contributed by atoms with E-state index in [1.54, 1.807) is 45.0 Å². The van der Waals surface area contributed by atoms with Gasteiger partial charge >= 0.3 is 11.9 Å². The highest BCUT2D eigenvalue weighted by atomic mass is 16.6. The Morgan fingerprint density at radius 3 is 1.55 bits per heavy atom. The van der Waals surface area contributed by atoms with Crippen molar-refractivity contribution in [3.63, 3.8) is 0 Å². The number of nitrogens with two attached hydrogens (primary N) is 1. The number of carbonyl (C=O) groups is 4. The Kier molecular flexibility index (Phi) is 27.3. The number of anilines is 3. The molecule has 3 aromatic rings. The molecule has 17 nitrogen and oxygen atoms in total. The molecule has 3 aromatic carbocycles. The smallest absolute Gasteiger partial charge is 0.338 e. The molecule has 0 aromatic heterocycles. The highest BCUT2D eigenvalue weighted by Gasteiger charge is 2.42. The molecular formula is C68H105N5O12. The molecule has 0 bridgehead atoms. The summed E-state index contributed by atoms with van der Waals surface area (Å²) in [7, 11) is 15.7. The number of benzene rings is 3. The van der Waals surface area contributed by atoms with Gasteiger partial charge in [-0.3, -0.25) is 9.59 Å². The van der Waals surface area contributed by atoms with Gasteiger partial charge in [-0.1, -0.05) is 33.8 Å². The maximum atomic E-state index is 14.1. The summed E-state index contributed by atoms with van der Waals surface area (Å²) >= 11 is 0. The molecule has 0 fully saturated rings. The minimum atomic E-state index is -1.37. The van der Waals surface area contributed by atoms with Gasteiger partial charge in [0.05, 0.1) is 68.1 Å². The Morgan fingerprint density at radius 2 is 1.08 bits per heavy atom. The number of ether oxygens (including phenoxy) is 8. The summed E-state index contributed by atoms with van der Waals surface area (Å²) in [6, 6.07) is 21.8. The lowest BCUT2D eigenvalue weighted by Crippen LogP contribution is -2.54. The first kappa shape index (κ1) is 71.8. The third-order valence-corrected chi connectivity index (χ3v) is 16.2. The highest BCUT2D eigenvalue weighted by molar-refractivity contribution is 6.02. The molecule has 0 heterocycles. The minimum Gasteiger partial charge on any atom is -0.459 e. The molecule has 474 valence electrons. The fourth-order valence-corrected chi connectivity index (χ4v) is 10.3. The zero-order valence-electron chi connectivity index (χ0n) is 55.2. The fraction of sp³-hybridized carbons (Fsp3) is 0.618.